The highest BCUT2D eigenvalue weighted by atomic mass is 19.1. The summed E-state index contributed by atoms with van der Waals surface area (Å²) in [6, 6.07) is 6.68. The number of carbonyl (C=O) groups excluding carboxylic acids is 1. The predicted octanol–water partition coefficient (Wildman–Crippen LogP) is 2.89. The van der Waals surface area contributed by atoms with E-state index in [0.717, 1.165) is 0 Å². The topological polar surface area (TPSA) is 62.5 Å². The van der Waals surface area contributed by atoms with Crippen molar-refractivity contribution < 1.29 is 18.7 Å². The van der Waals surface area contributed by atoms with Crippen molar-refractivity contribution in [2.75, 3.05) is 0 Å². The van der Waals surface area contributed by atoms with Gasteiger partial charge in [-0.3, -0.25) is 4.79 Å². The van der Waals surface area contributed by atoms with Gasteiger partial charge in [-0.15, -0.1) is 0 Å². The number of aliphatic hydroxyl groups excluding tert-OH is 1. The number of furan rings is 1. The summed E-state index contributed by atoms with van der Waals surface area (Å²) in [5, 5.41) is 12.9. The third-order valence-corrected chi connectivity index (χ3v) is 3.33. The molecular formula is C16H18FNO3. The lowest BCUT2D eigenvalue weighted by Gasteiger charge is -2.20. The first-order valence-electron chi connectivity index (χ1n) is 6.70. The second kappa shape index (κ2) is 6.10. The van der Waals surface area contributed by atoms with E-state index in [1.54, 1.807) is 26.8 Å². The normalized spacial score (nSPS) is 13.8. The van der Waals surface area contributed by atoms with Crippen molar-refractivity contribution in [1.82, 2.24) is 5.32 Å². The van der Waals surface area contributed by atoms with Gasteiger partial charge in [0.25, 0.3) is 5.91 Å². The summed E-state index contributed by atoms with van der Waals surface area (Å²) in [7, 11) is 0. The smallest absolute Gasteiger partial charge is 0.255 e. The summed E-state index contributed by atoms with van der Waals surface area (Å²) in [5.74, 6) is 0.517. The molecular weight excluding hydrogens is 273 g/mol. The Morgan fingerprint density at radius 2 is 1.90 bits per heavy atom. The fraction of sp³-hybridized carbons (Fsp3) is 0.312. The predicted molar refractivity (Wildman–Crippen MR) is 76.5 cm³/mol. The van der Waals surface area contributed by atoms with Gasteiger partial charge in [0.15, 0.2) is 0 Å². The zero-order chi connectivity index (χ0) is 15.6. The van der Waals surface area contributed by atoms with Crippen molar-refractivity contribution in [2.24, 2.45) is 0 Å². The van der Waals surface area contributed by atoms with Crippen LogP contribution in [0.3, 0.4) is 0 Å². The average molecular weight is 291 g/mol. The largest absolute Gasteiger partial charge is 0.466 e. The van der Waals surface area contributed by atoms with E-state index in [1.807, 2.05) is 0 Å². The Balaban J connectivity index is 2.06. The summed E-state index contributed by atoms with van der Waals surface area (Å²) < 4.78 is 18.2. The van der Waals surface area contributed by atoms with E-state index in [-0.39, 0.29) is 11.7 Å². The highest BCUT2D eigenvalue weighted by Crippen LogP contribution is 2.19. The summed E-state index contributed by atoms with van der Waals surface area (Å²) in [6.45, 7) is 5.16. The second-order valence-electron chi connectivity index (χ2n) is 5.09. The van der Waals surface area contributed by atoms with Gasteiger partial charge in [-0.1, -0.05) is 12.1 Å². The van der Waals surface area contributed by atoms with E-state index < -0.39 is 12.1 Å². The number of hydrogen-bond acceptors (Lipinski definition) is 3. The lowest BCUT2D eigenvalue weighted by atomic mass is 10.0. The van der Waals surface area contributed by atoms with Gasteiger partial charge in [-0.25, -0.2) is 4.39 Å². The third-order valence-electron chi connectivity index (χ3n) is 3.33. The number of hydrogen-bond donors (Lipinski definition) is 2. The van der Waals surface area contributed by atoms with Gasteiger partial charge in [-0.05, 0) is 44.5 Å². The van der Waals surface area contributed by atoms with Crippen LogP contribution in [0.4, 0.5) is 4.39 Å². The molecule has 0 saturated heterocycles. The molecule has 2 N–H and O–H groups in total. The van der Waals surface area contributed by atoms with E-state index in [1.165, 1.54) is 24.3 Å². The van der Waals surface area contributed by atoms with Crippen molar-refractivity contribution in [3.63, 3.8) is 0 Å². The first-order chi connectivity index (χ1) is 9.88. The van der Waals surface area contributed by atoms with Crippen molar-refractivity contribution >= 4 is 5.91 Å². The molecule has 2 atom stereocenters. The number of benzene rings is 1. The Hall–Kier alpha value is -2.14. The maximum atomic E-state index is 12.9. The maximum absolute atomic E-state index is 12.9. The molecule has 0 fully saturated rings. The van der Waals surface area contributed by atoms with Crippen molar-refractivity contribution in [3.05, 3.63) is 58.8 Å². The lowest BCUT2D eigenvalue weighted by Crippen LogP contribution is -2.37. The molecule has 1 amide bonds. The van der Waals surface area contributed by atoms with Crippen LogP contribution in [0.5, 0.6) is 0 Å². The van der Waals surface area contributed by atoms with Gasteiger partial charge in [0.1, 0.15) is 17.3 Å². The van der Waals surface area contributed by atoms with Crippen LogP contribution in [0.15, 0.2) is 34.7 Å². The van der Waals surface area contributed by atoms with Gasteiger partial charge in [0, 0.05) is 0 Å². The molecule has 0 spiro atoms. The van der Waals surface area contributed by atoms with Gasteiger partial charge >= 0.3 is 0 Å². The molecule has 0 saturated carbocycles. The highest BCUT2D eigenvalue weighted by molar-refractivity contribution is 5.95. The zero-order valence-corrected chi connectivity index (χ0v) is 12.2. The fourth-order valence-corrected chi connectivity index (χ4v) is 2.17. The summed E-state index contributed by atoms with van der Waals surface area (Å²) in [4.78, 5) is 12.1. The molecule has 1 aromatic carbocycles. The average Bonchev–Trinajstić information content (AvgIpc) is 2.77. The molecule has 0 radical (unpaired) electrons. The number of aryl methyl sites for hydroxylation is 2. The van der Waals surface area contributed by atoms with Crippen LogP contribution >= 0.6 is 0 Å². The Morgan fingerprint density at radius 1 is 1.29 bits per heavy atom. The Kier molecular flexibility index (Phi) is 4.43. The summed E-state index contributed by atoms with van der Waals surface area (Å²) in [6.07, 6.45) is -0.914. The second-order valence-corrected chi connectivity index (χ2v) is 5.09. The molecule has 0 aliphatic heterocycles. The van der Waals surface area contributed by atoms with E-state index in [4.69, 9.17) is 4.42 Å². The van der Waals surface area contributed by atoms with Crippen molar-refractivity contribution in [2.45, 2.75) is 32.9 Å². The fourth-order valence-electron chi connectivity index (χ4n) is 2.17. The zero-order valence-electron chi connectivity index (χ0n) is 12.2. The number of nitrogens with one attached hydrogen (secondary N) is 1. The monoisotopic (exact) mass is 291 g/mol. The minimum Gasteiger partial charge on any atom is -0.466 e. The van der Waals surface area contributed by atoms with E-state index in [9.17, 15) is 14.3 Å². The molecule has 0 bridgehead atoms. The molecule has 112 valence electrons. The maximum Gasteiger partial charge on any atom is 0.255 e. The van der Waals surface area contributed by atoms with Gasteiger partial charge in [0.2, 0.25) is 0 Å². The quantitative estimate of drug-likeness (QED) is 0.910. The van der Waals surface area contributed by atoms with Crippen LogP contribution in [-0.2, 0) is 0 Å². The number of halogens is 1. The van der Waals surface area contributed by atoms with Gasteiger partial charge in [-0.2, -0.15) is 0 Å². The summed E-state index contributed by atoms with van der Waals surface area (Å²) in [5.41, 5.74) is 0.995. The number of amides is 1. The van der Waals surface area contributed by atoms with E-state index in [0.29, 0.717) is 22.6 Å². The van der Waals surface area contributed by atoms with Crippen molar-refractivity contribution in [3.8, 4) is 0 Å². The molecule has 0 aliphatic carbocycles. The standard InChI is InChI=1S/C16H18FNO3/c1-9-8-14(11(3)21-9)16(20)18-10(2)15(19)12-4-6-13(17)7-5-12/h4-8,10,15,19H,1-3H3,(H,18,20). The third kappa shape index (κ3) is 3.49. The minimum atomic E-state index is -0.914. The van der Waals surface area contributed by atoms with Crippen LogP contribution in [0.2, 0.25) is 0 Å². The first kappa shape index (κ1) is 15.3. The minimum absolute atomic E-state index is 0.307. The van der Waals surface area contributed by atoms with E-state index in [2.05, 4.69) is 5.32 Å². The SMILES string of the molecule is Cc1cc(C(=O)NC(C)C(O)c2ccc(F)cc2)c(C)o1. The summed E-state index contributed by atoms with van der Waals surface area (Å²) >= 11 is 0. The van der Waals surface area contributed by atoms with Crippen molar-refractivity contribution in [1.29, 1.82) is 0 Å². The molecule has 5 heteroatoms. The van der Waals surface area contributed by atoms with E-state index >= 15 is 0 Å². The Labute approximate surface area is 122 Å². The number of rotatable bonds is 4. The van der Waals surface area contributed by atoms with Crippen LogP contribution in [0.1, 0.15) is 40.5 Å². The lowest BCUT2D eigenvalue weighted by molar-refractivity contribution is 0.0850. The van der Waals surface area contributed by atoms with Crippen LogP contribution < -0.4 is 5.32 Å². The Bertz CT molecular complexity index is 633. The molecule has 2 rings (SSSR count). The van der Waals surface area contributed by atoms with Crippen LogP contribution in [0, 0.1) is 19.7 Å². The molecule has 2 unspecified atom stereocenters. The van der Waals surface area contributed by atoms with Crippen LogP contribution in [-0.4, -0.2) is 17.1 Å². The first-order valence-corrected chi connectivity index (χ1v) is 6.70. The Morgan fingerprint density at radius 3 is 2.43 bits per heavy atom. The highest BCUT2D eigenvalue weighted by Gasteiger charge is 2.21. The van der Waals surface area contributed by atoms with Gasteiger partial charge in [0.05, 0.1) is 17.7 Å². The molecule has 2 aromatic rings. The number of aliphatic hydroxyl groups is 1. The molecule has 1 heterocycles. The molecule has 4 nitrogen and oxygen atoms in total. The molecule has 0 aliphatic rings. The molecule has 1 aromatic heterocycles. The number of carbonyl (C=O) groups is 1. The molecule has 21 heavy (non-hydrogen) atoms. The van der Waals surface area contributed by atoms with Gasteiger partial charge < -0.3 is 14.8 Å². The van der Waals surface area contributed by atoms with Crippen LogP contribution in [0.25, 0.3) is 0 Å².